The number of carboxylic acid groups (broad SMARTS) is 1. The number of nitrogens with one attached hydrogen (secondary N) is 2. The molecule has 0 heterocycles. The molecule has 8 nitrogen and oxygen atoms in total. The Hall–Kier alpha value is -3.55. The molecule has 2 aromatic rings. The van der Waals surface area contributed by atoms with Gasteiger partial charge in [0.25, 0.3) is 0 Å². The summed E-state index contributed by atoms with van der Waals surface area (Å²) in [7, 11) is 0. The molecule has 0 saturated heterocycles. The number of alkyl carbamates (subject to hydrolysis) is 2. The van der Waals surface area contributed by atoms with Crippen LogP contribution in [0.25, 0.3) is 11.1 Å². The fourth-order valence-electron chi connectivity index (χ4n) is 3.48. The highest BCUT2D eigenvalue weighted by atomic mass is 16.6. The lowest BCUT2D eigenvalue weighted by Gasteiger charge is -2.21. The lowest BCUT2D eigenvalue weighted by atomic mass is 9.98. The number of rotatable bonds is 6. The molecule has 1 atom stereocenters. The summed E-state index contributed by atoms with van der Waals surface area (Å²) in [6, 6.07) is 14.5. The monoisotopic (exact) mass is 426 g/mol. The summed E-state index contributed by atoms with van der Waals surface area (Å²) in [6.45, 7) is 4.79. The third-order valence-corrected chi connectivity index (χ3v) is 4.78. The third-order valence-electron chi connectivity index (χ3n) is 4.78. The van der Waals surface area contributed by atoms with Crippen LogP contribution in [-0.4, -0.2) is 48.1 Å². The Morgan fingerprint density at radius 1 is 0.968 bits per heavy atom. The molecule has 0 aliphatic heterocycles. The third kappa shape index (κ3) is 5.53. The van der Waals surface area contributed by atoms with Gasteiger partial charge in [-0.15, -0.1) is 0 Å². The molecular weight excluding hydrogens is 400 g/mol. The number of aliphatic carboxylic acids is 1. The second kappa shape index (κ2) is 9.07. The summed E-state index contributed by atoms with van der Waals surface area (Å²) in [5.41, 5.74) is 3.58. The number of amides is 2. The molecule has 1 aliphatic rings. The topological polar surface area (TPSA) is 114 Å². The van der Waals surface area contributed by atoms with Crippen LogP contribution in [0.5, 0.6) is 0 Å². The minimum absolute atomic E-state index is 0.0612. The first kappa shape index (κ1) is 22.1. The van der Waals surface area contributed by atoms with Crippen LogP contribution in [0.1, 0.15) is 37.8 Å². The van der Waals surface area contributed by atoms with E-state index >= 15 is 0 Å². The summed E-state index contributed by atoms with van der Waals surface area (Å²) in [4.78, 5) is 35.5. The summed E-state index contributed by atoms with van der Waals surface area (Å²) in [5, 5.41) is 14.0. The van der Waals surface area contributed by atoms with Gasteiger partial charge in [0.05, 0.1) is 6.54 Å². The Kier molecular flexibility index (Phi) is 6.48. The lowest BCUT2D eigenvalue weighted by molar-refractivity contribution is -0.139. The maximum atomic E-state index is 12.3. The molecule has 1 aliphatic carbocycles. The molecule has 3 N–H and O–H groups in total. The minimum atomic E-state index is -1.36. The summed E-state index contributed by atoms with van der Waals surface area (Å²) < 4.78 is 10.4. The molecule has 3 rings (SSSR count). The molecule has 0 aromatic heterocycles. The fraction of sp³-hybridized carbons (Fsp3) is 0.348. The SMILES string of the molecule is CC(C)(C)OC(=O)NCC(NC(=O)OCC1c2ccccc2-c2ccccc21)C(=O)O. The van der Waals surface area contributed by atoms with Gasteiger partial charge >= 0.3 is 18.2 Å². The van der Waals surface area contributed by atoms with Crippen molar-refractivity contribution >= 4 is 18.2 Å². The molecule has 31 heavy (non-hydrogen) atoms. The molecule has 1 unspecified atom stereocenters. The van der Waals surface area contributed by atoms with Crippen LogP contribution in [0.15, 0.2) is 48.5 Å². The molecule has 0 bridgehead atoms. The maximum absolute atomic E-state index is 12.3. The Morgan fingerprint density at radius 2 is 1.52 bits per heavy atom. The number of carbonyl (C=O) groups is 3. The number of benzene rings is 2. The zero-order valence-corrected chi connectivity index (χ0v) is 17.7. The molecule has 0 radical (unpaired) electrons. The van der Waals surface area contributed by atoms with Crippen molar-refractivity contribution in [2.45, 2.75) is 38.3 Å². The summed E-state index contributed by atoms with van der Waals surface area (Å²) in [5.74, 6) is -1.44. The predicted molar refractivity (Wildman–Crippen MR) is 114 cm³/mol. The zero-order chi connectivity index (χ0) is 22.6. The van der Waals surface area contributed by atoms with E-state index in [-0.39, 0.29) is 19.1 Å². The first-order valence-corrected chi connectivity index (χ1v) is 9.97. The number of hydrogen-bond acceptors (Lipinski definition) is 5. The summed E-state index contributed by atoms with van der Waals surface area (Å²) >= 11 is 0. The second-order valence-corrected chi connectivity index (χ2v) is 8.24. The van der Waals surface area contributed by atoms with Crippen molar-refractivity contribution in [1.29, 1.82) is 0 Å². The van der Waals surface area contributed by atoms with E-state index in [1.54, 1.807) is 20.8 Å². The van der Waals surface area contributed by atoms with Crippen molar-refractivity contribution in [3.63, 3.8) is 0 Å². The first-order chi connectivity index (χ1) is 14.7. The van der Waals surface area contributed by atoms with E-state index in [0.29, 0.717) is 0 Å². The quantitative estimate of drug-likeness (QED) is 0.651. The standard InChI is InChI=1S/C23H26N2O6/c1-23(2,3)31-21(28)24-12-19(20(26)27)25-22(29)30-13-18-16-10-6-4-8-14(16)15-9-5-7-11-17(15)18/h4-11,18-19H,12-13H2,1-3H3,(H,24,28)(H,25,29)(H,26,27). The van der Waals surface area contributed by atoms with E-state index in [1.807, 2.05) is 48.5 Å². The van der Waals surface area contributed by atoms with Crippen LogP contribution in [0.3, 0.4) is 0 Å². The smallest absolute Gasteiger partial charge is 0.407 e. The van der Waals surface area contributed by atoms with Crippen molar-refractivity contribution in [3.8, 4) is 11.1 Å². The van der Waals surface area contributed by atoms with Gasteiger partial charge in [0.2, 0.25) is 0 Å². The van der Waals surface area contributed by atoms with Gasteiger partial charge in [-0.25, -0.2) is 14.4 Å². The number of carboxylic acids is 1. The van der Waals surface area contributed by atoms with Crippen LogP contribution in [0.2, 0.25) is 0 Å². The van der Waals surface area contributed by atoms with Gasteiger partial charge in [-0.05, 0) is 43.0 Å². The van der Waals surface area contributed by atoms with Crippen molar-refractivity contribution in [2.75, 3.05) is 13.2 Å². The first-order valence-electron chi connectivity index (χ1n) is 9.97. The van der Waals surface area contributed by atoms with E-state index in [0.717, 1.165) is 22.3 Å². The van der Waals surface area contributed by atoms with E-state index in [4.69, 9.17) is 9.47 Å². The van der Waals surface area contributed by atoms with Crippen LogP contribution in [-0.2, 0) is 14.3 Å². The molecule has 0 spiro atoms. The lowest BCUT2D eigenvalue weighted by Crippen LogP contribution is -2.49. The molecule has 0 fully saturated rings. The van der Waals surface area contributed by atoms with E-state index in [2.05, 4.69) is 10.6 Å². The average molecular weight is 426 g/mol. The van der Waals surface area contributed by atoms with Gasteiger partial charge in [-0.2, -0.15) is 0 Å². The Balaban J connectivity index is 1.59. The number of ether oxygens (including phenoxy) is 2. The molecule has 164 valence electrons. The molecule has 8 heteroatoms. The second-order valence-electron chi connectivity index (χ2n) is 8.24. The van der Waals surface area contributed by atoms with Gasteiger partial charge in [-0.1, -0.05) is 48.5 Å². The van der Waals surface area contributed by atoms with Gasteiger partial charge in [-0.3, -0.25) is 0 Å². The van der Waals surface area contributed by atoms with Crippen molar-refractivity contribution < 1.29 is 29.0 Å². The Bertz CT molecular complexity index is 937. The van der Waals surface area contributed by atoms with Crippen molar-refractivity contribution in [3.05, 3.63) is 59.7 Å². The average Bonchev–Trinajstić information content (AvgIpc) is 3.02. The molecule has 2 amide bonds. The highest BCUT2D eigenvalue weighted by Crippen LogP contribution is 2.44. The predicted octanol–water partition coefficient (Wildman–Crippen LogP) is 3.50. The normalized spacial score (nSPS) is 13.5. The van der Waals surface area contributed by atoms with E-state index < -0.39 is 29.8 Å². The molecule has 2 aromatic carbocycles. The van der Waals surface area contributed by atoms with Crippen LogP contribution >= 0.6 is 0 Å². The molecule has 0 saturated carbocycles. The highest BCUT2D eigenvalue weighted by molar-refractivity contribution is 5.81. The largest absolute Gasteiger partial charge is 0.480 e. The zero-order valence-electron chi connectivity index (χ0n) is 17.7. The van der Waals surface area contributed by atoms with Gasteiger partial charge in [0, 0.05) is 5.92 Å². The minimum Gasteiger partial charge on any atom is -0.480 e. The van der Waals surface area contributed by atoms with Crippen LogP contribution in [0.4, 0.5) is 9.59 Å². The summed E-state index contributed by atoms with van der Waals surface area (Å²) in [6.07, 6.45) is -1.65. The van der Waals surface area contributed by atoms with Crippen molar-refractivity contribution in [2.24, 2.45) is 0 Å². The Morgan fingerprint density at radius 3 is 2.03 bits per heavy atom. The van der Waals surface area contributed by atoms with Crippen molar-refractivity contribution in [1.82, 2.24) is 10.6 Å². The molecular formula is C23H26N2O6. The van der Waals surface area contributed by atoms with E-state index in [9.17, 15) is 19.5 Å². The number of carbonyl (C=O) groups excluding carboxylic acids is 2. The van der Waals surface area contributed by atoms with Crippen LogP contribution < -0.4 is 10.6 Å². The van der Waals surface area contributed by atoms with E-state index in [1.165, 1.54) is 0 Å². The van der Waals surface area contributed by atoms with Gasteiger partial charge in [0.15, 0.2) is 0 Å². The van der Waals surface area contributed by atoms with Crippen LogP contribution in [0, 0.1) is 0 Å². The maximum Gasteiger partial charge on any atom is 0.407 e. The number of fused-ring (bicyclic) bond motifs is 3. The van der Waals surface area contributed by atoms with Gasteiger partial charge < -0.3 is 25.2 Å². The Labute approximate surface area is 180 Å². The number of hydrogen-bond donors (Lipinski definition) is 3. The van der Waals surface area contributed by atoms with Gasteiger partial charge in [0.1, 0.15) is 18.2 Å². The highest BCUT2D eigenvalue weighted by Gasteiger charge is 2.30. The fourth-order valence-corrected chi connectivity index (χ4v) is 3.48.